The molecule has 0 saturated heterocycles. The summed E-state index contributed by atoms with van der Waals surface area (Å²) in [5.41, 5.74) is 7.05. The van der Waals surface area contributed by atoms with Crippen LogP contribution in [0.1, 0.15) is 37.7 Å². The summed E-state index contributed by atoms with van der Waals surface area (Å²) in [7, 11) is 1.64. The van der Waals surface area contributed by atoms with Crippen LogP contribution in [-0.2, 0) is 11.2 Å². The second-order valence-corrected chi connectivity index (χ2v) is 5.50. The zero-order valence-electron chi connectivity index (χ0n) is 12.1. The van der Waals surface area contributed by atoms with Gasteiger partial charge in [0.15, 0.2) is 0 Å². The Morgan fingerprint density at radius 3 is 2.55 bits per heavy atom. The van der Waals surface area contributed by atoms with Gasteiger partial charge in [-0.1, -0.05) is 31.4 Å². The fraction of sp³-hybridized carbons (Fsp3) is 0.562. The molecule has 3 N–H and O–H groups in total. The first kappa shape index (κ1) is 14.9. The third kappa shape index (κ3) is 4.23. The minimum Gasteiger partial charge on any atom is -0.497 e. The van der Waals surface area contributed by atoms with Crippen molar-refractivity contribution >= 4 is 5.91 Å². The highest BCUT2D eigenvalue weighted by atomic mass is 16.5. The van der Waals surface area contributed by atoms with E-state index in [-0.39, 0.29) is 5.91 Å². The number of nitrogens with one attached hydrogen (secondary N) is 1. The van der Waals surface area contributed by atoms with Crippen molar-refractivity contribution in [2.75, 3.05) is 7.11 Å². The van der Waals surface area contributed by atoms with Gasteiger partial charge in [0.25, 0.3) is 0 Å². The molecule has 0 aliphatic heterocycles. The van der Waals surface area contributed by atoms with Crippen LogP contribution in [0.25, 0.3) is 0 Å². The molecule has 20 heavy (non-hydrogen) atoms. The van der Waals surface area contributed by atoms with E-state index in [1.165, 1.54) is 19.3 Å². The van der Waals surface area contributed by atoms with Crippen molar-refractivity contribution in [2.45, 2.75) is 50.6 Å². The lowest BCUT2D eigenvalue weighted by Gasteiger charge is -2.24. The normalized spacial score (nSPS) is 17.5. The number of hydrogen-bond donors (Lipinski definition) is 2. The Labute approximate surface area is 120 Å². The highest BCUT2D eigenvalue weighted by Gasteiger charge is 2.20. The van der Waals surface area contributed by atoms with E-state index in [0.29, 0.717) is 12.5 Å². The summed E-state index contributed by atoms with van der Waals surface area (Å²) < 4.78 is 5.11. The van der Waals surface area contributed by atoms with Crippen molar-refractivity contribution in [3.63, 3.8) is 0 Å². The van der Waals surface area contributed by atoms with Crippen LogP contribution in [-0.4, -0.2) is 25.1 Å². The molecule has 0 bridgehead atoms. The molecule has 1 saturated carbocycles. The van der Waals surface area contributed by atoms with E-state index in [4.69, 9.17) is 10.5 Å². The van der Waals surface area contributed by atoms with Gasteiger partial charge in [0.1, 0.15) is 5.75 Å². The van der Waals surface area contributed by atoms with Gasteiger partial charge in [-0.2, -0.15) is 0 Å². The summed E-state index contributed by atoms with van der Waals surface area (Å²) in [6.45, 7) is 0. The number of amides is 1. The van der Waals surface area contributed by atoms with Crippen molar-refractivity contribution in [3.8, 4) is 5.75 Å². The Hall–Kier alpha value is -1.55. The number of benzene rings is 1. The summed E-state index contributed by atoms with van der Waals surface area (Å²) in [6.07, 6.45) is 6.42. The number of hydrogen-bond acceptors (Lipinski definition) is 3. The molecule has 0 aromatic heterocycles. The third-order valence-electron chi connectivity index (χ3n) is 3.90. The number of rotatable bonds is 5. The molecule has 1 fully saturated rings. The maximum absolute atomic E-state index is 12.1. The lowest BCUT2D eigenvalue weighted by Crippen LogP contribution is -2.46. The molecule has 0 heterocycles. The molecule has 0 radical (unpaired) electrons. The predicted octanol–water partition coefficient (Wildman–Crippen LogP) is 2.01. The second-order valence-electron chi connectivity index (χ2n) is 5.50. The molecule has 4 heteroatoms. The molecule has 1 atom stereocenters. The average molecular weight is 276 g/mol. The van der Waals surface area contributed by atoms with Crippen LogP contribution >= 0.6 is 0 Å². The Morgan fingerprint density at radius 1 is 1.30 bits per heavy atom. The van der Waals surface area contributed by atoms with E-state index < -0.39 is 6.04 Å². The van der Waals surface area contributed by atoms with E-state index in [2.05, 4.69) is 5.32 Å². The molecule has 1 aliphatic carbocycles. The van der Waals surface area contributed by atoms with E-state index in [1.54, 1.807) is 7.11 Å². The molecule has 110 valence electrons. The largest absolute Gasteiger partial charge is 0.497 e. The first-order chi connectivity index (χ1) is 9.69. The van der Waals surface area contributed by atoms with Gasteiger partial charge >= 0.3 is 0 Å². The van der Waals surface area contributed by atoms with Crippen molar-refractivity contribution in [2.24, 2.45) is 5.73 Å². The number of carbonyl (C=O) groups excluding carboxylic acids is 1. The highest BCUT2D eigenvalue weighted by Crippen LogP contribution is 2.17. The molecule has 2 rings (SSSR count). The van der Waals surface area contributed by atoms with Gasteiger partial charge in [-0.15, -0.1) is 0 Å². The Balaban J connectivity index is 1.83. The summed E-state index contributed by atoms with van der Waals surface area (Å²) in [5.74, 6) is 0.779. The predicted molar refractivity (Wildman–Crippen MR) is 79.7 cm³/mol. The fourth-order valence-corrected chi connectivity index (χ4v) is 2.66. The van der Waals surface area contributed by atoms with Crippen LogP contribution in [0.3, 0.4) is 0 Å². The van der Waals surface area contributed by atoms with Gasteiger partial charge in [0.05, 0.1) is 13.2 Å². The van der Waals surface area contributed by atoms with Crippen molar-refractivity contribution in [1.82, 2.24) is 5.32 Å². The van der Waals surface area contributed by atoms with Crippen LogP contribution in [0.4, 0.5) is 0 Å². The molecule has 1 amide bonds. The first-order valence-corrected chi connectivity index (χ1v) is 7.38. The second kappa shape index (κ2) is 7.29. The molecule has 4 nitrogen and oxygen atoms in total. The Bertz CT molecular complexity index is 425. The Kier molecular flexibility index (Phi) is 5.41. The lowest BCUT2D eigenvalue weighted by molar-refractivity contribution is -0.123. The van der Waals surface area contributed by atoms with Crippen LogP contribution in [0.15, 0.2) is 24.3 Å². The SMILES string of the molecule is COc1ccc(C[C@@H](N)C(=O)NC2CCCCC2)cc1. The molecule has 1 aromatic rings. The quantitative estimate of drug-likeness (QED) is 0.864. The maximum atomic E-state index is 12.1. The zero-order valence-corrected chi connectivity index (χ0v) is 12.1. The van der Waals surface area contributed by atoms with Crippen molar-refractivity contribution < 1.29 is 9.53 Å². The lowest BCUT2D eigenvalue weighted by atomic mass is 9.95. The van der Waals surface area contributed by atoms with E-state index in [1.807, 2.05) is 24.3 Å². The van der Waals surface area contributed by atoms with Gasteiger partial charge in [-0.05, 0) is 37.0 Å². The summed E-state index contributed by atoms with van der Waals surface area (Å²) in [6, 6.07) is 7.52. The topological polar surface area (TPSA) is 64.3 Å². The average Bonchev–Trinajstić information content (AvgIpc) is 2.49. The number of ether oxygens (including phenoxy) is 1. The summed E-state index contributed by atoms with van der Waals surface area (Å²) in [5, 5.41) is 3.07. The minimum absolute atomic E-state index is 0.0345. The van der Waals surface area contributed by atoms with Crippen LogP contribution < -0.4 is 15.8 Å². The van der Waals surface area contributed by atoms with Gasteiger partial charge < -0.3 is 15.8 Å². The molecular formula is C16H24N2O2. The van der Waals surface area contributed by atoms with Gasteiger partial charge in [-0.3, -0.25) is 4.79 Å². The first-order valence-electron chi connectivity index (χ1n) is 7.38. The number of nitrogens with two attached hydrogens (primary N) is 1. The third-order valence-corrected chi connectivity index (χ3v) is 3.90. The van der Waals surface area contributed by atoms with Crippen molar-refractivity contribution in [1.29, 1.82) is 0 Å². The van der Waals surface area contributed by atoms with Crippen LogP contribution in [0, 0.1) is 0 Å². The molecule has 1 aromatic carbocycles. The zero-order chi connectivity index (χ0) is 14.4. The van der Waals surface area contributed by atoms with Gasteiger partial charge in [-0.25, -0.2) is 0 Å². The molecule has 0 unspecified atom stereocenters. The van der Waals surface area contributed by atoms with Gasteiger partial charge in [0.2, 0.25) is 5.91 Å². The van der Waals surface area contributed by atoms with E-state index >= 15 is 0 Å². The van der Waals surface area contributed by atoms with Crippen LogP contribution in [0.2, 0.25) is 0 Å². The van der Waals surface area contributed by atoms with E-state index in [0.717, 1.165) is 24.2 Å². The maximum Gasteiger partial charge on any atom is 0.237 e. The van der Waals surface area contributed by atoms with Crippen molar-refractivity contribution in [3.05, 3.63) is 29.8 Å². The van der Waals surface area contributed by atoms with Crippen LogP contribution in [0.5, 0.6) is 5.75 Å². The fourth-order valence-electron chi connectivity index (χ4n) is 2.66. The number of methoxy groups -OCH3 is 1. The van der Waals surface area contributed by atoms with Gasteiger partial charge in [0, 0.05) is 6.04 Å². The minimum atomic E-state index is -0.481. The smallest absolute Gasteiger partial charge is 0.237 e. The van der Waals surface area contributed by atoms with E-state index in [9.17, 15) is 4.79 Å². The molecular weight excluding hydrogens is 252 g/mol. The summed E-state index contributed by atoms with van der Waals surface area (Å²) in [4.78, 5) is 12.1. The molecule has 1 aliphatic rings. The summed E-state index contributed by atoms with van der Waals surface area (Å²) >= 11 is 0. The number of carbonyl (C=O) groups is 1. The monoisotopic (exact) mass is 276 g/mol. The standard InChI is InChI=1S/C16H24N2O2/c1-20-14-9-7-12(8-10-14)11-15(17)16(19)18-13-5-3-2-4-6-13/h7-10,13,15H,2-6,11,17H2,1H3,(H,18,19)/t15-/m1/s1. The molecule has 0 spiro atoms. The Morgan fingerprint density at radius 2 is 1.95 bits per heavy atom. The highest BCUT2D eigenvalue weighted by molar-refractivity contribution is 5.82.